The third-order valence-electron chi connectivity index (χ3n) is 6.15. The molecule has 3 aromatic rings. The number of hydrogen-bond donors (Lipinski definition) is 1. The second-order valence-electron chi connectivity index (χ2n) is 8.59. The highest BCUT2D eigenvalue weighted by Gasteiger charge is 2.47. The second kappa shape index (κ2) is 11.7. The van der Waals surface area contributed by atoms with E-state index >= 15 is 0 Å². The van der Waals surface area contributed by atoms with Crippen molar-refractivity contribution < 1.29 is 33.6 Å². The van der Waals surface area contributed by atoms with E-state index in [9.17, 15) is 14.7 Å². The van der Waals surface area contributed by atoms with Gasteiger partial charge in [-0.3, -0.25) is 14.5 Å². The summed E-state index contributed by atoms with van der Waals surface area (Å²) in [6, 6.07) is 18.0. The first kappa shape index (κ1) is 26.6. The van der Waals surface area contributed by atoms with Crippen molar-refractivity contribution >= 4 is 23.1 Å². The van der Waals surface area contributed by atoms with E-state index in [1.165, 1.54) is 19.1 Å². The van der Waals surface area contributed by atoms with Crippen molar-refractivity contribution in [3.05, 3.63) is 83.4 Å². The van der Waals surface area contributed by atoms with Crippen molar-refractivity contribution in [1.82, 2.24) is 0 Å². The molecule has 0 bridgehead atoms. The highest BCUT2D eigenvalue weighted by molar-refractivity contribution is 6.51. The Morgan fingerprint density at radius 1 is 0.868 bits per heavy atom. The van der Waals surface area contributed by atoms with Crippen molar-refractivity contribution in [2.75, 3.05) is 32.3 Å². The van der Waals surface area contributed by atoms with Gasteiger partial charge in [0.2, 0.25) is 0 Å². The van der Waals surface area contributed by atoms with E-state index in [0.717, 1.165) is 6.42 Å². The molecule has 4 rings (SSSR count). The number of amides is 1. The fourth-order valence-corrected chi connectivity index (χ4v) is 4.44. The lowest BCUT2D eigenvalue weighted by Gasteiger charge is -2.26. The molecule has 1 atom stereocenters. The van der Waals surface area contributed by atoms with Crippen LogP contribution >= 0.6 is 0 Å². The zero-order valence-electron chi connectivity index (χ0n) is 21.9. The molecule has 1 unspecified atom stereocenters. The minimum Gasteiger partial charge on any atom is -0.507 e. The predicted octanol–water partition coefficient (Wildman–Crippen LogP) is 5.52. The lowest BCUT2D eigenvalue weighted by atomic mass is 9.94. The largest absolute Gasteiger partial charge is 0.507 e. The van der Waals surface area contributed by atoms with E-state index in [0.29, 0.717) is 53.0 Å². The van der Waals surface area contributed by atoms with Crippen LogP contribution < -0.4 is 23.8 Å². The molecular formula is C30H31NO7. The average Bonchev–Trinajstić information content (AvgIpc) is 3.21. The van der Waals surface area contributed by atoms with Crippen LogP contribution in [0.25, 0.3) is 5.76 Å². The van der Waals surface area contributed by atoms with Crippen molar-refractivity contribution in [2.24, 2.45) is 0 Å². The molecule has 0 radical (unpaired) electrons. The number of carbonyl (C=O) groups excluding carboxylic acids is 2. The van der Waals surface area contributed by atoms with Gasteiger partial charge in [-0.05, 0) is 55.3 Å². The minimum absolute atomic E-state index is 0.0447. The summed E-state index contributed by atoms with van der Waals surface area (Å²) in [5.41, 5.74) is 1.34. The van der Waals surface area contributed by atoms with Gasteiger partial charge in [0.05, 0.1) is 39.0 Å². The number of carbonyl (C=O) groups is 2. The summed E-state index contributed by atoms with van der Waals surface area (Å²) in [5.74, 6) is 0.160. The predicted molar refractivity (Wildman–Crippen MR) is 144 cm³/mol. The van der Waals surface area contributed by atoms with Crippen LogP contribution in [0, 0.1) is 0 Å². The second-order valence-corrected chi connectivity index (χ2v) is 8.59. The summed E-state index contributed by atoms with van der Waals surface area (Å²) in [5, 5.41) is 11.5. The Bertz CT molecular complexity index is 1360. The summed E-state index contributed by atoms with van der Waals surface area (Å²) in [6.45, 7) is 4.81. The molecule has 38 heavy (non-hydrogen) atoms. The average molecular weight is 518 g/mol. The van der Waals surface area contributed by atoms with Gasteiger partial charge in [-0.15, -0.1) is 0 Å². The van der Waals surface area contributed by atoms with Gasteiger partial charge < -0.3 is 24.1 Å². The SMILES string of the molecule is CCCOc1cccc(/C(O)=C2/C(=O)C(=O)N(c3cccc(OCC)c3)C2c2ccc(OC)c(OC)c2)c1. The van der Waals surface area contributed by atoms with Crippen LogP contribution in [0.4, 0.5) is 5.69 Å². The molecule has 8 nitrogen and oxygen atoms in total. The molecule has 8 heteroatoms. The first-order chi connectivity index (χ1) is 18.4. The molecule has 0 aromatic heterocycles. The molecule has 1 fully saturated rings. The number of aliphatic hydroxyl groups is 1. The maximum atomic E-state index is 13.5. The van der Waals surface area contributed by atoms with E-state index in [2.05, 4.69) is 0 Å². The molecule has 1 saturated heterocycles. The first-order valence-corrected chi connectivity index (χ1v) is 12.4. The Balaban J connectivity index is 1.92. The number of anilines is 1. The Kier molecular flexibility index (Phi) is 8.21. The highest BCUT2D eigenvalue weighted by atomic mass is 16.5. The summed E-state index contributed by atoms with van der Waals surface area (Å²) in [4.78, 5) is 28.4. The number of ether oxygens (including phenoxy) is 4. The third-order valence-corrected chi connectivity index (χ3v) is 6.15. The Morgan fingerprint density at radius 2 is 1.58 bits per heavy atom. The molecule has 0 saturated carbocycles. The van der Waals surface area contributed by atoms with Crippen molar-refractivity contribution in [2.45, 2.75) is 26.3 Å². The molecule has 198 valence electrons. The number of benzene rings is 3. The topological polar surface area (TPSA) is 94.5 Å². The lowest BCUT2D eigenvalue weighted by molar-refractivity contribution is -0.132. The van der Waals surface area contributed by atoms with Crippen LogP contribution in [0.15, 0.2) is 72.3 Å². The summed E-state index contributed by atoms with van der Waals surface area (Å²) >= 11 is 0. The Hall–Kier alpha value is -4.46. The number of aliphatic hydroxyl groups excluding tert-OH is 1. The number of hydrogen-bond acceptors (Lipinski definition) is 7. The zero-order chi connectivity index (χ0) is 27.2. The van der Waals surface area contributed by atoms with Gasteiger partial charge in [0, 0.05) is 17.3 Å². The molecule has 1 N–H and O–H groups in total. The summed E-state index contributed by atoms with van der Waals surface area (Å²) in [7, 11) is 3.03. The van der Waals surface area contributed by atoms with Crippen LogP contribution in [0.1, 0.15) is 37.4 Å². The van der Waals surface area contributed by atoms with Gasteiger partial charge in [-0.25, -0.2) is 0 Å². The summed E-state index contributed by atoms with van der Waals surface area (Å²) in [6.07, 6.45) is 0.821. The van der Waals surface area contributed by atoms with Gasteiger partial charge >= 0.3 is 0 Å². The van der Waals surface area contributed by atoms with Crippen LogP contribution in [-0.2, 0) is 9.59 Å². The van der Waals surface area contributed by atoms with E-state index < -0.39 is 17.7 Å². The molecule has 1 amide bonds. The molecule has 1 aliphatic rings. The van der Waals surface area contributed by atoms with Crippen molar-refractivity contribution in [3.8, 4) is 23.0 Å². The fraction of sp³-hybridized carbons (Fsp3) is 0.267. The van der Waals surface area contributed by atoms with E-state index in [4.69, 9.17) is 18.9 Å². The monoisotopic (exact) mass is 517 g/mol. The number of rotatable bonds is 10. The number of nitrogens with zero attached hydrogens (tertiary/aromatic N) is 1. The van der Waals surface area contributed by atoms with Crippen molar-refractivity contribution in [1.29, 1.82) is 0 Å². The quantitative estimate of drug-likeness (QED) is 0.215. The third kappa shape index (κ3) is 5.16. The fourth-order valence-electron chi connectivity index (χ4n) is 4.44. The molecule has 1 aliphatic heterocycles. The van der Waals surface area contributed by atoms with Crippen LogP contribution in [0.2, 0.25) is 0 Å². The van der Waals surface area contributed by atoms with Crippen LogP contribution in [-0.4, -0.2) is 44.2 Å². The Morgan fingerprint density at radius 3 is 2.26 bits per heavy atom. The minimum atomic E-state index is -0.938. The van der Waals surface area contributed by atoms with Crippen LogP contribution in [0.5, 0.6) is 23.0 Å². The number of ketones is 1. The standard InChI is InChI=1S/C30H31NO7/c1-5-15-38-22-11-7-9-20(16-22)28(32)26-27(19-13-14-24(35-3)25(17-19)36-4)31(30(34)29(26)33)21-10-8-12-23(18-21)37-6-2/h7-14,16-18,27,32H,5-6,15H2,1-4H3/b28-26-. The highest BCUT2D eigenvalue weighted by Crippen LogP contribution is 2.44. The number of Topliss-reactive ketones (excluding diaryl/α,β-unsaturated/α-hetero) is 1. The molecule has 0 spiro atoms. The van der Waals surface area contributed by atoms with E-state index in [1.807, 2.05) is 13.8 Å². The smallest absolute Gasteiger partial charge is 0.300 e. The van der Waals surface area contributed by atoms with Gasteiger partial charge in [0.25, 0.3) is 11.7 Å². The molecular weight excluding hydrogens is 486 g/mol. The van der Waals surface area contributed by atoms with Crippen molar-refractivity contribution in [3.63, 3.8) is 0 Å². The zero-order valence-corrected chi connectivity index (χ0v) is 21.9. The van der Waals surface area contributed by atoms with Gasteiger partial charge in [0.15, 0.2) is 11.5 Å². The van der Waals surface area contributed by atoms with Gasteiger partial charge in [0.1, 0.15) is 17.3 Å². The Labute approximate surface area is 222 Å². The van der Waals surface area contributed by atoms with E-state index in [1.54, 1.807) is 66.7 Å². The normalized spacial score (nSPS) is 16.4. The van der Waals surface area contributed by atoms with E-state index in [-0.39, 0.29) is 11.3 Å². The van der Waals surface area contributed by atoms with Crippen LogP contribution in [0.3, 0.4) is 0 Å². The maximum absolute atomic E-state index is 13.5. The maximum Gasteiger partial charge on any atom is 0.300 e. The number of methoxy groups -OCH3 is 2. The van der Waals surface area contributed by atoms with Gasteiger partial charge in [-0.1, -0.05) is 31.2 Å². The lowest BCUT2D eigenvalue weighted by Crippen LogP contribution is -2.29. The summed E-state index contributed by atoms with van der Waals surface area (Å²) < 4.78 is 22.2. The molecule has 3 aromatic carbocycles. The molecule has 0 aliphatic carbocycles. The molecule has 1 heterocycles. The first-order valence-electron chi connectivity index (χ1n) is 12.4. The van der Waals surface area contributed by atoms with Gasteiger partial charge in [-0.2, -0.15) is 0 Å².